The third kappa shape index (κ3) is 3.47. The van der Waals surface area contributed by atoms with Crippen molar-refractivity contribution in [3.05, 3.63) is 91.0 Å². The summed E-state index contributed by atoms with van der Waals surface area (Å²) in [6, 6.07) is 31.4. The summed E-state index contributed by atoms with van der Waals surface area (Å²) in [6.07, 6.45) is 0.649. The molecule has 3 rings (SSSR count). The van der Waals surface area contributed by atoms with E-state index in [2.05, 4.69) is 88.3 Å². The molecule has 0 saturated heterocycles. The fourth-order valence-electron chi connectivity index (χ4n) is 3.77. The maximum atomic E-state index is 12.4. The first-order chi connectivity index (χ1) is 13.0. The maximum absolute atomic E-state index is 12.4. The quantitative estimate of drug-likeness (QED) is 0.410. The van der Waals surface area contributed by atoms with Gasteiger partial charge in [0.1, 0.15) is 0 Å². The Morgan fingerprint density at radius 3 is 1.44 bits per heavy atom. The average molecular weight is 443 g/mol. The second-order valence-electron chi connectivity index (χ2n) is 6.80. The Morgan fingerprint density at radius 1 is 0.815 bits per heavy atom. The van der Waals surface area contributed by atoms with Crippen LogP contribution >= 0.6 is 20.8 Å². The van der Waals surface area contributed by atoms with E-state index >= 15 is 0 Å². The molecular weight excluding hydrogens is 419 g/mol. The van der Waals surface area contributed by atoms with E-state index in [0.29, 0.717) is 6.16 Å². The van der Waals surface area contributed by atoms with Gasteiger partial charge in [-0.25, -0.2) is 0 Å². The number of hydrogen-bond donors (Lipinski definition) is 0. The molecule has 0 heterocycles. The van der Waals surface area contributed by atoms with Crippen LogP contribution in [0.1, 0.15) is 6.92 Å². The van der Waals surface area contributed by atoms with Crippen molar-refractivity contribution in [3.63, 3.8) is 0 Å². The van der Waals surface area contributed by atoms with Gasteiger partial charge in [0, 0.05) is 0 Å². The summed E-state index contributed by atoms with van der Waals surface area (Å²) in [5, 5.41) is 0.547. The number of ether oxygens (including phenoxy) is 1. The van der Waals surface area contributed by atoms with Crippen molar-refractivity contribution >= 4 is 42.7 Å². The standard InChI is InChI=1S/C23H24BrO2P/c1-19(23(25)26-2)18-27(24,20-12-6-3-7-13-20,21-14-8-4-9-15-21)22-16-10-5-11-17-22/h3-17,19H,18H2,1-2H3. The fraction of sp³-hybridized carbons (Fsp3) is 0.174. The second-order valence-corrected chi connectivity index (χ2v) is 15.8. The van der Waals surface area contributed by atoms with Gasteiger partial charge in [-0.2, -0.15) is 0 Å². The third-order valence-corrected chi connectivity index (χ3v) is 15.0. The van der Waals surface area contributed by atoms with Gasteiger partial charge in [-0.05, 0) is 0 Å². The number of hydrogen-bond acceptors (Lipinski definition) is 2. The summed E-state index contributed by atoms with van der Waals surface area (Å²) in [5.74, 6) is -0.445. The fourth-order valence-corrected chi connectivity index (χ4v) is 12.3. The van der Waals surface area contributed by atoms with Crippen molar-refractivity contribution in [1.29, 1.82) is 0 Å². The normalized spacial score (nSPS) is 14.0. The number of esters is 1. The van der Waals surface area contributed by atoms with Gasteiger partial charge in [-0.3, -0.25) is 0 Å². The molecule has 0 amide bonds. The molecule has 1 unspecified atom stereocenters. The summed E-state index contributed by atoms with van der Waals surface area (Å²) < 4.78 is 5.07. The van der Waals surface area contributed by atoms with Gasteiger partial charge < -0.3 is 0 Å². The van der Waals surface area contributed by atoms with Gasteiger partial charge in [0.2, 0.25) is 0 Å². The second kappa shape index (κ2) is 7.96. The Labute approximate surface area is 169 Å². The van der Waals surface area contributed by atoms with E-state index in [-0.39, 0.29) is 11.9 Å². The Kier molecular flexibility index (Phi) is 5.83. The zero-order valence-corrected chi connectivity index (χ0v) is 18.1. The van der Waals surface area contributed by atoms with Crippen LogP contribution in [-0.4, -0.2) is 19.2 Å². The molecule has 2 nitrogen and oxygen atoms in total. The Morgan fingerprint density at radius 2 is 1.15 bits per heavy atom. The molecule has 0 aliphatic rings. The van der Waals surface area contributed by atoms with Crippen molar-refractivity contribution in [1.82, 2.24) is 0 Å². The molecule has 0 radical (unpaired) electrons. The summed E-state index contributed by atoms with van der Waals surface area (Å²) in [7, 11) is 1.45. The summed E-state index contributed by atoms with van der Waals surface area (Å²) in [5.41, 5.74) is 0. The summed E-state index contributed by atoms with van der Waals surface area (Å²) >= 11 is 4.34. The first-order valence-electron chi connectivity index (χ1n) is 8.98. The van der Waals surface area contributed by atoms with E-state index in [1.807, 2.05) is 25.1 Å². The van der Waals surface area contributed by atoms with Crippen LogP contribution in [0.15, 0.2) is 91.0 Å². The predicted molar refractivity (Wildman–Crippen MR) is 120 cm³/mol. The van der Waals surface area contributed by atoms with Crippen molar-refractivity contribution in [2.45, 2.75) is 6.92 Å². The van der Waals surface area contributed by atoms with Crippen molar-refractivity contribution in [2.75, 3.05) is 13.3 Å². The number of methoxy groups -OCH3 is 1. The van der Waals surface area contributed by atoms with Gasteiger partial charge in [-0.15, -0.1) is 0 Å². The van der Waals surface area contributed by atoms with Crippen molar-refractivity contribution < 1.29 is 9.53 Å². The average Bonchev–Trinajstić information content (AvgIpc) is 2.75. The molecule has 3 aromatic carbocycles. The Bertz CT molecular complexity index is 798. The summed E-state index contributed by atoms with van der Waals surface area (Å²) in [4.78, 5) is 12.4. The first-order valence-corrected chi connectivity index (χ1v) is 13.4. The SMILES string of the molecule is COC(=O)C(C)CP(Br)(c1ccccc1)(c1ccccc1)c1ccccc1. The van der Waals surface area contributed by atoms with E-state index in [4.69, 9.17) is 4.74 Å². The van der Waals surface area contributed by atoms with Gasteiger partial charge >= 0.3 is 169 Å². The molecule has 3 aromatic rings. The number of carbonyl (C=O) groups excluding carboxylic acids is 1. The molecule has 4 heteroatoms. The number of rotatable bonds is 6. The minimum atomic E-state index is -3.07. The van der Waals surface area contributed by atoms with Crippen LogP contribution < -0.4 is 15.9 Å². The molecule has 0 bridgehead atoms. The van der Waals surface area contributed by atoms with Crippen LogP contribution in [0.5, 0.6) is 0 Å². The van der Waals surface area contributed by atoms with Gasteiger partial charge in [0.15, 0.2) is 0 Å². The zero-order valence-electron chi connectivity index (χ0n) is 15.6. The third-order valence-electron chi connectivity index (χ3n) is 5.10. The Balaban J connectivity index is 2.37. The molecule has 0 N–H and O–H groups in total. The van der Waals surface area contributed by atoms with Crippen LogP contribution in [0.2, 0.25) is 0 Å². The number of carbonyl (C=O) groups is 1. The number of halogens is 1. The van der Waals surface area contributed by atoms with E-state index in [9.17, 15) is 4.79 Å². The van der Waals surface area contributed by atoms with E-state index < -0.39 is 5.31 Å². The van der Waals surface area contributed by atoms with Crippen LogP contribution in [0.4, 0.5) is 0 Å². The van der Waals surface area contributed by atoms with Crippen LogP contribution in [-0.2, 0) is 9.53 Å². The molecule has 0 aliphatic heterocycles. The molecule has 27 heavy (non-hydrogen) atoms. The van der Waals surface area contributed by atoms with E-state index in [0.717, 1.165) is 0 Å². The molecule has 0 aromatic heterocycles. The molecule has 0 fully saturated rings. The molecule has 140 valence electrons. The molecular formula is C23H24BrO2P. The van der Waals surface area contributed by atoms with E-state index in [1.165, 1.54) is 23.0 Å². The van der Waals surface area contributed by atoms with Crippen LogP contribution in [0.25, 0.3) is 0 Å². The van der Waals surface area contributed by atoms with Crippen molar-refractivity contribution in [3.8, 4) is 0 Å². The summed E-state index contributed by atoms with van der Waals surface area (Å²) in [6.45, 7) is 1.95. The topological polar surface area (TPSA) is 26.3 Å². The number of benzene rings is 3. The Hall–Kier alpha value is -1.96. The monoisotopic (exact) mass is 442 g/mol. The van der Waals surface area contributed by atoms with Gasteiger partial charge in [0.05, 0.1) is 0 Å². The molecule has 1 atom stereocenters. The van der Waals surface area contributed by atoms with Gasteiger partial charge in [-0.1, -0.05) is 0 Å². The zero-order chi connectivity index (χ0) is 19.4. The van der Waals surface area contributed by atoms with E-state index in [1.54, 1.807) is 0 Å². The first kappa shape index (κ1) is 19.8. The van der Waals surface area contributed by atoms with Crippen LogP contribution in [0, 0.1) is 5.92 Å². The van der Waals surface area contributed by atoms with Crippen molar-refractivity contribution in [2.24, 2.45) is 5.92 Å². The van der Waals surface area contributed by atoms with Crippen LogP contribution in [0.3, 0.4) is 0 Å². The molecule has 0 saturated carbocycles. The predicted octanol–water partition coefficient (Wildman–Crippen LogP) is 4.64. The molecule has 0 spiro atoms. The van der Waals surface area contributed by atoms with Gasteiger partial charge in [0.25, 0.3) is 0 Å². The molecule has 0 aliphatic carbocycles. The minimum absolute atomic E-state index is 0.189.